The average Bonchev–Trinajstić information content (AvgIpc) is 2.71. The summed E-state index contributed by atoms with van der Waals surface area (Å²) >= 11 is 0. The molecule has 0 fully saturated rings. The Morgan fingerprint density at radius 2 is 1.90 bits per heavy atom. The van der Waals surface area contributed by atoms with Gasteiger partial charge in [0.2, 0.25) is 5.91 Å². The molecule has 5 nitrogen and oxygen atoms in total. The van der Waals surface area contributed by atoms with Crippen LogP contribution in [-0.4, -0.2) is 17.4 Å². The molecule has 2 aromatic rings. The highest BCUT2D eigenvalue weighted by Gasteiger charge is 2.23. The van der Waals surface area contributed by atoms with Crippen LogP contribution < -0.4 is 10.7 Å². The van der Waals surface area contributed by atoms with Gasteiger partial charge in [-0.05, 0) is 43.0 Å². The molecule has 1 heterocycles. The zero-order valence-corrected chi connectivity index (χ0v) is 17.5. The number of anilines is 1. The highest BCUT2D eigenvalue weighted by Crippen LogP contribution is 2.27. The SMILES string of the molecule is Cc1cccc(CC2=C(Nc3ccc(C4=NNC(=O)CC4C)cc3)CCCC2=O)c1. The van der Waals surface area contributed by atoms with Crippen LogP contribution in [0.25, 0.3) is 0 Å². The van der Waals surface area contributed by atoms with Gasteiger partial charge in [-0.1, -0.05) is 48.9 Å². The minimum atomic E-state index is -0.0421. The first-order valence-electron chi connectivity index (χ1n) is 10.5. The molecule has 2 N–H and O–H groups in total. The van der Waals surface area contributed by atoms with Gasteiger partial charge in [0, 0.05) is 42.1 Å². The van der Waals surface area contributed by atoms with E-state index >= 15 is 0 Å². The molecule has 1 aliphatic heterocycles. The molecule has 2 aliphatic rings. The molecule has 0 radical (unpaired) electrons. The van der Waals surface area contributed by atoms with Crippen LogP contribution in [-0.2, 0) is 16.0 Å². The monoisotopic (exact) mass is 401 g/mol. The molecule has 1 atom stereocenters. The topological polar surface area (TPSA) is 70.6 Å². The van der Waals surface area contributed by atoms with Crippen LogP contribution in [0.15, 0.2) is 64.9 Å². The summed E-state index contributed by atoms with van der Waals surface area (Å²) in [4.78, 5) is 24.1. The quantitative estimate of drug-likeness (QED) is 0.774. The fraction of sp³-hybridized carbons (Fsp3) is 0.320. The summed E-state index contributed by atoms with van der Waals surface area (Å²) in [6.07, 6.45) is 3.49. The van der Waals surface area contributed by atoms with Gasteiger partial charge >= 0.3 is 0 Å². The van der Waals surface area contributed by atoms with Crippen LogP contribution >= 0.6 is 0 Å². The van der Waals surface area contributed by atoms with Crippen molar-refractivity contribution in [1.82, 2.24) is 5.43 Å². The van der Waals surface area contributed by atoms with Gasteiger partial charge in [0.1, 0.15) is 0 Å². The molecular weight excluding hydrogens is 374 g/mol. The van der Waals surface area contributed by atoms with E-state index in [-0.39, 0.29) is 17.6 Å². The molecule has 30 heavy (non-hydrogen) atoms. The number of amides is 1. The summed E-state index contributed by atoms with van der Waals surface area (Å²) in [5.41, 5.74) is 9.71. The van der Waals surface area contributed by atoms with E-state index in [1.54, 1.807) is 0 Å². The number of Topliss-reactive ketones (excluding diaryl/α,β-unsaturated/α-hetero) is 1. The molecule has 0 spiro atoms. The van der Waals surface area contributed by atoms with Crippen molar-refractivity contribution in [2.45, 2.75) is 46.0 Å². The third kappa shape index (κ3) is 4.51. The van der Waals surface area contributed by atoms with E-state index in [4.69, 9.17) is 0 Å². The van der Waals surface area contributed by atoms with Gasteiger partial charge in [-0.2, -0.15) is 5.10 Å². The Hall–Kier alpha value is -3.21. The Balaban J connectivity index is 1.55. The first-order valence-corrected chi connectivity index (χ1v) is 10.5. The van der Waals surface area contributed by atoms with Crippen molar-refractivity contribution in [1.29, 1.82) is 0 Å². The Morgan fingerprint density at radius 3 is 2.63 bits per heavy atom. The second-order valence-electron chi connectivity index (χ2n) is 8.24. The summed E-state index contributed by atoms with van der Waals surface area (Å²) in [6.45, 7) is 4.09. The third-order valence-electron chi connectivity index (χ3n) is 5.73. The number of hydrogen-bond donors (Lipinski definition) is 2. The summed E-state index contributed by atoms with van der Waals surface area (Å²) in [7, 11) is 0. The van der Waals surface area contributed by atoms with Gasteiger partial charge in [-0.3, -0.25) is 9.59 Å². The van der Waals surface area contributed by atoms with Crippen LogP contribution in [0, 0.1) is 12.8 Å². The Labute approximate surface area is 177 Å². The second kappa shape index (κ2) is 8.66. The predicted octanol–water partition coefficient (Wildman–Crippen LogP) is 4.52. The highest BCUT2D eigenvalue weighted by atomic mass is 16.2. The molecule has 0 saturated heterocycles. The minimum Gasteiger partial charge on any atom is -0.359 e. The largest absolute Gasteiger partial charge is 0.359 e. The average molecular weight is 402 g/mol. The smallest absolute Gasteiger partial charge is 0.240 e. The third-order valence-corrected chi connectivity index (χ3v) is 5.73. The van der Waals surface area contributed by atoms with Crippen molar-refractivity contribution in [2.75, 3.05) is 5.32 Å². The number of carbonyl (C=O) groups is 2. The summed E-state index contributed by atoms with van der Waals surface area (Å²) in [5.74, 6) is 0.291. The fourth-order valence-corrected chi connectivity index (χ4v) is 4.17. The van der Waals surface area contributed by atoms with E-state index in [0.29, 0.717) is 19.3 Å². The van der Waals surface area contributed by atoms with Crippen molar-refractivity contribution >= 4 is 23.1 Å². The van der Waals surface area contributed by atoms with E-state index in [1.807, 2.05) is 37.3 Å². The van der Waals surface area contributed by atoms with Crippen LogP contribution in [0.5, 0.6) is 0 Å². The first kappa shape index (κ1) is 20.1. The lowest BCUT2D eigenvalue weighted by atomic mass is 9.89. The number of benzene rings is 2. The van der Waals surface area contributed by atoms with E-state index < -0.39 is 0 Å². The van der Waals surface area contributed by atoms with Crippen molar-refractivity contribution in [3.05, 3.63) is 76.5 Å². The number of carbonyl (C=O) groups excluding carboxylic acids is 2. The van der Waals surface area contributed by atoms with Crippen molar-refractivity contribution < 1.29 is 9.59 Å². The highest BCUT2D eigenvalue weighted by molar-refractivity contribution is 6.05. The summed E-state index contributed by atoms with van der Waals surface area (Å²) in [6, 6.07) is 16.4. The van der Waals surface area contributed by atoms with Gasteiger partial charge in [0.15, 0.2) is 5.78 Å². The number of ketones is 1. The van der Waals surface area contributed by atoms with E-state index in [0.717, 1.165) is 41.1 Å². The molecule has 5 heteroatoms. The number of nitrogens with zero attached hydrogens (tertiary/aromatic N) is 1. The zero-order chi connectivity index (χ0) is 21.1. The number of allylic oxidation sites excluding steroid dienone is 2. The fourth-order valence-electron chi connectivity index (χ4n) is 4.17. The van der Waals surface area contributed by atoms with Crippen molar-refractivity contribution in [3.8, 4) is 0 Å². The lowest BCUT2D eigenvalue weighted by Crippen LogP contribution is -2.31. The second-order valence-corrected chi connectivity index (χ2v) is 8.24. The summed E-state index contributed by atoms with van der Waals surface area (Å²) in [5, 5.41) is 7.72. The minimum absolute atomic E-state index is 0.0421. The molecule has 4 rings (SSSR count). The van der Waals surface area contributed by atoms with Crippen LogP contribution in [0.2, 0.25) is 0 Å². The molecule has 1 amide bonds. The number of rotatable bonds is 5. The summed E-state index contributed by atoms with van der Waals surface area (Å²) < 4.78 is 0. The molecule has 0 saturated carbocycles. The molecular formula is C25H27N3O2. The molecule has 2 aromatic carbocycles. The van der Waals surface area contributed by atoms with E-state index in [1.165, 1.54) is 11.1 Å². The van der Waals surface area contributed by atoms with Gasteiger partial charge in [-0.25, -0.2) is 5.43 Å². The van der Waals surface area contributed by atoms with Crippen LogP contribution in [0.3, 0.4) is 0 Å². The Morgan fingerprint density at radius 1 is 1.10 bits per heavy atom. The standard InChI is InChI=1S/C25H27N3O2/c1-16-5-3-6-18(13-16)15-21-22(7-4-8-23(21)29)26-20-11-9-19(10-12-20)25-17(2)14-24(30)27-28-25/h3,5-6,9-13,17,26H,4,7-8,14-15H2,1-2H3,(H,27,30). The first-order chi connectivity index (χ1) is 14.5. The normalized spacial score (nSPS) is 19.4. The number of hydrogen-bond acceptors (Lipinski definition) is 4. The van der Waals surface area contributed by atoms with E-state index in [2.05, 4.69) is 41.0 Å². The maximum absolute atomic E-state index is 12.7. The van der Waals surface area contributed by atoms with Crippen molar-refractivity contribution in [2.24, 2.45) is 11.0 Å². The molecule has 1 unspecified atom stereocenters. The lowest BCUT2D eigenvalue weighted by Gasteiger charge is -2.22. The van der Waals surface area contributed by atoms with Gasteiger partial charge in [-0.15, -0.1) is 0 Å². The van der Waals surface area contributed by atoms with Crippen LogP contribution in [0.1, 0.15) is 49.3 Å². The maximum Gasteiger partial charge on any atom is 0.240 e. The molecule has 154 valence electrons. The Kier molecular flexibility index (Phi) is 5.79. The number of hydrazone groups is 1. The van der Waals surface area contributed by atoms with Gasteiger partial charge < -0.3 is 5.32 Å². The van der Waals surface area contributed by atoms with Gasteiger partial charge in [0.25, 0.3) is 0 Å². The molecule has 0 bridgehead atoms. The Bertz CT molecular complexity index is 1030. The maximum atomic E-state index is 12.7. The molecule has 1 aliphatic carbocycles. The zero-order valence-electron chi connectivity index (χ0n) is 17.5. The molecule has 0 aromatic heterocycles. The lowest BCUT2D eigenvalue weighted by molar-refractivity contribution is -0.122. The van der Waals surface area contributed by atoms with E-state index in [9.17, 15) is 9.59 Å². The number of aryl methyl sites for hydroxylation is 1. The van der Waals surface area contributed by atoms with Gasteiger partial charge in [0.05, 0.1) is 5.71 Å². The number of nitrogens with one attached hydrogen (secondary N) is 2. The van der Waals surface area contributed by atoms with Crippen LogP contribution in [0.4, 0.5) is 5.69 Å². The predicted molar refractivity (Wildman–Crippen MR) is 119 cm³/mol. The van der Waals surface area contributed by atoms with Crippen molar-refractivity contribution in [3.63, 3.8) is 0 Å².